The van der Waals surface area contributed by atoms with Crippen LogP contribution in [-0.2, 0) is 14.3 Å². The van der Waals surface area contributed by atoms with Crippen LogP contribution in [0.4, 0.5) is 4.79 Å². The lowest BCUT2D eigenvalue weighted by molar-refractivity contribution is -0.160. The number of amides is 3. The predicted octanol–water partition coefficient (Wildman–Crippen LogP) is 2.06. The van der Waals surface area contributed by atoms with Crippen LogP contribution in [0.15, 0.2) is 54.6 Å². The van der Waals surface area contributed by atoms with Gasteiger partial charge in [-0.1, -0.05) is 44.2 Å². The van der Waals surface area contributed by atoms with E-state index in [0.717, 1.165) is 0 Å². The van der Waals surface area contributed by atoms with E-state index in [9.17, 15) is 19.2 Å². The number of ketones is 1. The summed E-state index contributed by atoms with van der Waals surface area (Å²) in [6.07, 6.45) is -1.18. The van der Waals surface area contributed by atoms with Crippen LogP contribution in [0.2, 0.25) is 0 Å². The van der Waals surface area contributed by atoms with E-state index in [0.29, 0.717) is 16.9 Å². The van der Waals surface area contributed by atoms with Gasteiger partial charge in [-0.3, -0.25) is 14.9 Å². The molecule has 152 valence electrons. The zero-order chi connectivity index (χ0) is 21.4. The smallest absolute Gasteiger partial charge is 0.344 e. The zero-order valence-corrected chi connectivity index (χ0v) is 16.1. The molecule has 0 bridgehead atoms. The number of ether oxygens (including phenoxy) is 2. The Labute approximate surface area is 168 Å². The lowest BCUT2D eigenvalue weighted by Gasteiger charge is -2.19. The monoisotopic (exact) mass is 398 g/mol. The largest absolute Gasteiger partial charge is 0.482 e. The lowest BCUT2D eigenvalue weighted by Crippen LogP contribution is -2.46. The van der Waals surface area contributed by atoms with Crippen LogP contribution < -0.4 is 15.8 Å². The van der Waals surface area contributed by atoms with Crippen molar-refractivity contribution in [1.82, 2.24) is 5.32 Å². The van der Waals surface area contributed by atoms with E-state index in [1.54, 1.807) is 62.4 Å². The number of primary amides is 1. The van der Waals surface area contributed by atoms with Gasteiger partial charge in [0.1, 0.15) is 5.75 Å². The van der Waals surface area contributed by atoms with Crippen LogP contribution >= 0.6 is 0 Å². The number of esters is 1. The van der Waals surface area contributed by atoms with Crippen molar-refractivity contribution in [2.24, 2.45) is 11.7 Å². The van der Waals surface area contributed by atoms with Crippen LogP contribution in [0.25, 0.3) is 0 Å². The molecule has 0 aliphatic carbocycles. The average molecular weight is 398 g/mol. The van der Waals surface area contributed by atoms with Crippen molar-refractivity contribution >= 4 is 23.7 Å². The number of nitrogens with two attached hydrogens (primary N) is 1. The molecule has 3 N–H and O–H groups in total. The van der Waals surface area contributed by atoms with Gasteiger partial charge in [-0.15, -0.1) is 0 Å². The Bertz CT molecular complexity index is 878. The molecule has 0 spiro atoms. The highest BCUT2D eigenvalue weighted by Gasteiger charge is 2.27. The molecule has 0 heterocycles. The summed E-state index contributed by atoms with van der Waals surface area (Å²) < 4.78 is 10.4. The van der Waals surface area contributed by atoms with Gasteiger partial charge in [-0.25, -0.2) is 9.59 Å². The topological polar surface area (TPSA) is 125 Å². The summed E-state index contributed by atoms with van der Waals surface area (Å²) in [7, 11) is 0. The van der Waals surface area contributed by atoms with Gasteiger partial charge in [0.25, 0.3) is 5.91 Å². The second-order valence-electron chi connectivity index (χ2n) is 6.52. The zero-order valence-electron chi connectivity index (χ0n) is 16.1. The van der Waals surface area contributed by atoms with Gasteiger partial charge >= 0.3 is 12.0 Å². The highest BCUT2D eigenvalue weighted by Crippen LogP contribution is 2.16. The Kier molecular flexibility index (Phi) is 7.47. The molecule has 0 radical (unpaired) electrons. The summed E-state index contributed by atoms with van der Waals surface area (Å²) in [5.41, 5.74) is 5.96. The average Bonchev–Trinajstić information content (AvgIpc) is 2.70. The van der Waals surface area contributed by atoms with Crippen LogP contribution in [0.5, 0.6) is 5.75 Å². The van der Waals surface area contributed by atoms with Gasteiger partial charge in [-0.05, 0) is 30.2 Å². The Morgan fingerprint density at radius 3 is 2.07 bits per heavy atom. The van der Waals surface area contributed by atoms with Crippen molar-refractivity contribution in [3.63, 3.8) is 0 Å². The second-order valence-corrected chi connectivity index (χ2v) is 6.52. The maximum atomic E-state index is 12.4. The van der Waals surface area contributed by atoms with E-state index in [-0.39, 0.29) is 11.7 Å². The van der Waals surface area contributed by atoms with E-state index < -0.39 is 30.6 Å². The van der Waals surface area contributed by atoms with E-state index in [1.165, 1.54) is 0 Å². The van der Waals surface area contributed by atoms with Crippen molar-refractivity contribution in [1.29, 1.82) is 0 Å². The molecule has 0 fully saturated rings. The molecule has 0 aliphatic rings. The molecule has 8 nitrogen and oxygen atoms in total. The quantitative estimate of drug-likeness (QED) is 0.518. The normalized spacial score (nSPS) is 11.4. The van der Waals surface area contributed by atoms with Gasteiger partial charge in [-0.2, -0.15) is 0 Å². The van der Waals surface area contributed by atoms with Crippen molar-refractivity contribution in [2.75, 3.05) is 6.61 Å². The molecule has 3 amide bonds. The van der Waals surface area contributed by atoms with Crippen molar-refractivity contribution < 1.29 is 28.7 Å². The summed E-state index contributed by atoms with van der Waals surface area (Å²) in [4.78, 5) is 47.0. The summed E-state index contributed by atoms with van der Waals surface area (Å²) >= 11 is 0. The molecule has 0 aliphatic heterocycles. The summed E-state index contributed by atoms with van der Waals surface area (Å²) in [6.45, 7) is 2.86. The minimum Gasteiger partial charge on any atom is -0.482 e. The molecule has 2 aromatic carbocycles. The number of carbonyl (C=O) groups excluding carboxylic acids is 4. The van der Waals surface area contributed by atoms with Crippen LogP contribution in [0, 0.1) is 5.92 Å². The van der Waals surface area contributed by atoms with Gasteiger partial charge in [0, 0.05) is 11.1 Å². The highest BCUT2D eigenvalue weighted by molar-refractivity contribution is 6.09. The maximum absolute atomic E-state index is 12.4. The molecule has 1 atom stereocenters. The number of nitrogens with one attached hydrogen (secondary N) is 1. The lowest BCUT2D eigenvalue weighted by atomic mass is 10.0. The Hall–Kier alpha value is -3.68. The number of carbonyl (C=O) groups is 4. The second kappa shape index (κ2) is 10.0. The fourth-order valence-corrected chi connectivity index (χ4v) is 2.46. The predicted molar refractivity (Wildman–Crippen MR) is 104 cm³/mol. The number of benzene rings is 2. The van der Waals surface area contributed by atoms with Crippen LogP contribution in [-0.4, -0.2) is 36.4 Å². The number of rotatable bonds is 8. The maximum Gasteiger partial charge on any atom is 0.344 e. The minimum atomic E-state index is -1.18. The molecule has 2 aromatic rings. The fraction of sp³-hybridized carbons (Fsp3) is 0.238. The summed E-state index contributed by atoms with van der Waals surface area (Å²) in [6, 6.07) is 14.1. The summed E-state index contributed by atoms with van der Waals surface area (Å²) in [5.74, 6) is -1.73. The van der Waals surface area contributed by atoms with Crippen molar-refractivity contribution in [3.05, 3.63) is 65.7 Å². The van der Waals surface area contributed by atoms with Crippen molar-refractivity contribution in [2.45, 2.75) is 20.0 Å². The highest BCUT2D eigenvalue weighted by atomic mass is 16.6. The summed E-state index contributed by atoms with van der Waals surface area (Å²) in [5, 5.41) is 1.88. The third-order valence-electron chi connectivity index (χ3n) is 3.88. The molecular weight excluding hydrogens is 376 g/mol. The number of hydrogen-bond donors (Lipinski definition) is 2. The number of imide groups is 1. The van der Waals surface area contributed by atoms with E-state index >= 15 is 0 Å². The Balaban J connectivity index is 1.92. The number of urea groups is 1. The van der Waals surface area contributed by atoms with Crippen LogP contribution in [0.1, 0.15) is 29.8 Å². The molecule has 8 heteroatoms. The molecule has 0 saturated heterocycles. The molecule has 0 saturated carbocycles. The van der Waals surface area contributed by atoms with Gasteiger partial charge in [0.05, 0.1) is 0 Å². The first kappa shape index (κ1) is 21.6. The van der Waals surface area contributed by atoms with Gasteiger partial charge in [0.15, 0.2) is 18.5 Å². The van der Waals surface area contributed by atoms with E-state index in [4.69, 9.17) is 15.2 Å². The first-order chi connectivity index (χ1) is 13.8. The third kappa shape index (κ3) is 6.46. The Morgan fingerprint density at radius 1 is 0.931 bits per heavy atom. The first-order valence-corrected chi connectivity index (χ1v) is 8.90. The SMILES string of the molecule is CC(C)[C@H](OC(=O)COc1ccc(C(=O)c2ccccc2)cc1)C(=O)NC(N)=O. The fourth-order valence-electron chi connectivity index (χ4n) is 2.46. The number of hydrogen-bond acceptors (Lipinski definition) is 6. The van der Waals surface area contributed by atoms with E-state index in [2.05, 4.69) is 0 Å². The minimum absolute atomic E-state index is 0.128. The first-order valence-electron chi connectivity index (χ1n) is 8.90. The molecule has 0 aromatic heterocycles. The van der Waals surface area contributed by atoms with Gasteiger partial charge < -0.3 is 15.2 Å². The standard InChI is InChI=1S/C21H22N2O6/c1-13(2)19(20(26)23-21(22)27)29-17(24)12-28-16-10-8-15(9-11-16)18(25)14-6-4-3-5-7-14/h3-11,13,19H,12H2,1-2H3,(H3,22,23,26,27)/t19-/m0/s1. The molecular formula is C21H22N2O6. The Morgan fingerprint density at radius 2 is 1.52 bits per heavy atom. The molecule has 29 heavy (non-hydrogen) atoms. The van der Waals surface area contributed by atoms with Crippen molar-refractivity contribution in [3.8, 4) is 5.75 Å². The van der Waals surface area contributed by atoms with E-state index in [1.807, 2.05) is 11.4 Å². The van der Waals surface area contributed by atoms with Crippen LogP contribution in [0.3, 0.4) is 0 Å². The molecule has 2 rings (SSSR count). The van der Waals surface area contributed by atoms with Gasteiger partial charge in [0.2, 0.25) is 0 Å². The molecule has 0 unspecified atom stereocenters. The third-order valence-corrected chi connectivity index (χ3v) is 3.88.